The van der Waals surface area contributed by atoms with Crippen LogP contribution < -0.4 is 20.3 Å². The summed E-state index contributed by atoms with van der Waals surface area (Å²) in [5, 5.41) is 16.6. The molecule has 3 N–H and O–H groups in total. The predicted molar refractivity (Wildman–Crippen MR) is 102 cm³/mol. The minimum Gasteiger partial charge on any atom is -0.449 e. The van der Waals surface area contributed by atoms with E-state index < -0.39 is 53.3 Å². The fourth-order valence-corrected chi connectivity index (χ4v) is 5.08. The van der Waals surface area contributed by atoms with Crippen molar-refractivity contribution in [3.8, 4) is 5.88 Å². The van der Waals surface area contributed by atoms with Crippen LogP contribution in [0.2, 0.25) is 0 Å². The van der Waals surface area contributed by atoms with E-state index in [-0.39, 0.29) is 41.3 Å². The number of hydrogen-bond donors (Lipinski definition) is 3. The molecule has 0 saturated carbocycles. The Balaban J connectivity index is 1.76. The summed E-state index contributed by atoms with van der Waals surface area (Å²) >= 11 is 0. The zero-order chi connectivity index (χ0) is 22.9. The van der Waals surface area contributed by atoms with Gasteiger partial charge in [0.25, 0.3) is 5.88 Å². The van der Waals surface area contributed by atoms with Gasteiger partial charge in [-0.3, -0.25) is 20.2 Å². The molecule has 3 aliphatic heterocycles. The lowest BCUT2D eigenvalue weighted by Crippen LogP contribution is -2.75. The number of hydrogen-bond acceptors (Lipinski definition) is 9. The molecule has 0 aliphatic carbocycles. The number of benzene rings is 1. The monoisotopic (exact) mass is 448 g/mol. The van der Waals surface area contributed by atoms with Crippen LogP contribution in [0.25, 0.3) is 11.0 Å². The maximum absolute atomic E-state index is 15.7. The average Bonchev–Trinajstić information content (AvgIpc) is 3.07. The summed E-state index contributed by atoms with van der Waals surface area (Å²) < 4.78 is 31.1. The molecular formula is C19H17FN4O8. The van der Waals surface area contributed by atoms with E-state index in [1.165, 1.54) is 6.07 Å². The molecule has 168 valence electrons. The molecule has 0 bridgehead atoms. The second-order valence-electron chi connectivity index (χ2n) is 8.07. The van der Waals surface area contributed by atoms with Gasteiger partial charge in [0.15, 0.2) is 11.2 Å². The van der Waals surface area contributed by atoms with Gasteiger partial charge in [-0.05, 0) is 30.6 Å². The molecule has 2 fully saturated rings. The molecule has 0 radical (unpaired) electrons. The van der Waals surface area contributed by atoms with E-state index in [0.29, 0.717) is 0 Å². The number of carboxylic acid groups (broad SMARTS) is 1. The van der Waals surface area contributed by atoms with Crippen molar-refractivity contribution in [1.29, 1.82) is 0 Å². The fraction of sp³-hybridized carbons (Fsp3) is 0.421. The molecule has 1 aromatic heterocycles. The van der Waals surface area contributed by atoms with Crippen molar-refractivity contribution in [2.75, 3.05) is 11.4 Å². The number of barbiturate groups is 1. The van der Waals surface area contributed by atoms with Gasteiger partial charge in [-0.1, -0.05) is 0 Å². The summed E-state index contributed by atoms with van der Waals surface area (Å²) in [5.41, 5.74) is -1.81. The van der Waals surface area contributed by atoms with Gasteiger partial charge < -0.3 is 24.0 Å². The van der Waals surface area contributed by atoms with E-state index in [4.69, 9.17) is 14.4 Å². The average molecular weight is 448 g/mol. The first-order chi connectivity index (χ1) is 15.1. The van der Waals surface area contributed by atoms with Crippen molar-refractivity contribution in [1.82, 2.24) is 15.8 Å². The van der Waals surface area contributed by atoms with Gasteiger partial charge in [0.2, 0.25) is 17.4 Å². The number of amides is 4. The Morgan fingerprint density at radius 1 is 1.31 bits per heavy atom. The minimum atomic E-state index is -1.80. The van der Waals surface area contributed by atoms with E-state index in [1.807, 2.05) is 0 Å². The Hall–Kier alpha value is -3.74. The number of anilines is 1. The SMILES string of the molecule is C[C@@H]1CN2c3c(cc4c(OC(=O)O)noc4c3F)CC3(C(=O)NC(=O)NC3=O)[C@H]2[C@H](C)O1. The molecule has 0 unspecified atom stereocenters. The minimum absolute atomic E-state index is 0.0701. The van der Waals surface area contributed by atoms with Crippen LogP contribution in [0, 0.1) is 11.2 Å². The van der Waals surface area contributed by atoms with Gasteiger partial charge in [0.05, 0.1) is 29.3 Å². The third-order valence-corrected chi connectivity index (χ3v) is 6.12. The van der Waals surface area contributed by atoms with Gasteiger partial charge in [0.1, 0.15) is 0 Å². The highest BCUT2D eigenvalue weighted by atomic mass is 19.1. The first kappa shape index (κ1) is 20.2. The van der Waals surface area contributed by atoms with Gasteiger partial charge in [-0.2, -0.15) is 0 Å². The van der Waals surface area contributed by atoms with Crippen molar-refractivity contribution in [2.45, 2.75) is 38.5 Å². The second-order valence-corrected chi connectivity index (χ2v) is 8.07. The van der Waals surface area contributed by atoms with Crippen molar-refractivity contribution in [2.24, 2.45) is 5.41 Å². The van der Waals surface area contributed by atoms with Crippen molar-refractivity contribution < 1.29 is 42.7 Å². The first-order valence-corrected chi connectivity index (χ1v) is 9.74. The number of imide groups is 2. The molecule has 32 heavy (non-hydrogen) atoms. The molecule has 4 amide bonds. The summed E-state index contributed by atoms with van der Waals surface area (Å²) in [4.78, 5) is 50.4. The van der Waals surface area contributed by atoms with Crippen molar-refractivity contribution in [3.63, 3.8) is 0 Å². The number of morpholine rings is 1. The number of fused-ring (bicyclic) bond motifs is 5. The Morgan fingerprint density at radius 3 is 2.66 bits per heavy atom. The van der Waals surface area contributed by atoms with E-state index in [9.17, 15) is 19.2 Å². The third-order valence-electron chi connectivity index (χ3n) is 6.12. The van der Waals surface area contributed by atoms with Crippen LogP contribution in [0.5, 0.6) is 5.88 Å². The molecule has 4 heterocycles. The summed E-state index contributed by atoms with van der Waals surface area (Å²) in [5.74, 6) is -2.96. The van der Waals surface area contributed by atoms with Crippen molar-refractivity contribution in [3.05, 3.63) is 17.4 Å². The molecule has 5 rings (SSSR count). The number of carbonyl (C=O) groups excluding carboxylic acids is 3. The van der Waals surface area contributed by atoms with E-state index in [1.54, 1.807) is 18.7 Å². The number of nitrogens with one attached hydrogen (secondary N) is 2. The molecule has 2 aromatic rings. The highest BCUT2D eigenvalue weighted by Gasteiger charge is 2.63. The van der Waals surface area contributed by atoms with Gasteiger partial charge in [0, 0.05) is 13.0 Å². The van der Waals surface area contributed by atoms with E-state index in [2.05, 4.69) is 20.5 Å². The number of carbonyl (C=O) groups is 4. The van der Waals surface area contributed by atoms with Crippen molar-refractivity contribution >= 4 is 40.7 Å². The molecule has 13 heteroatoms. The Bertz CT molecular complexity index is 1190. The van der Waals surface area contributed by atoms with Gasteiger partial charge in [-0.15, -0.1) is 0 Å². The van der Waals surface area contributed by atoms with Crippen LogP contribution >= 0.6 is 0 Å². The molecule has 1 aromatic carbocycles. The van der Waals surface area contributed by atoms with Crippen LogP contribution in [0.3, 0.4) is 0 Å². The molecule has 3 aliphatic rings. The largest absolute Gasteiger partial charge is 0.512 e. The normalized spacial score (nSPS) is 26.4. The number of aromatic nitrogens is 1. The number of ether oxygens (including phenoxy) is 2. The quantitative estimate of drug-likeness (QED) is 0.423. The Labute approximate surface area is 178 Å². The van der Waals surface area contributed by atoms with Crippen LogP contribution in [0.4, 0.5) is 19.7 Å². The molecule has 12 nitrogen and oxygen atoms in total. The number of nitrogens with zero attached hydrogens (tertiary/aromatic N) is 2. The smallest absolute Gasteiger partial charge is 0.449 e. The fourth-order valence-electron chi connectivity index (χ4n) is 5.08. The molecule has 3 atom stereocenters. The van der Waals surface area contributed by atoms with Crippen LogP contribution in [0.15, 0.2) is 10.6 Å². The van der Waals surface area contributed by atoms with E-state index >= 15 is 4.39 Å². The highest BCUT2D eigenvalue weighted by molar-refractivity contribution is 6.20. The van der Waals surface area contributed by atoms with Crippen LogP contribution in [-0.4, -0.2) is 59.1 Å². The second kappa shape index (κ2) is 6.63. The topological polar surface area (TPSA) is 160 Å². The maximum atomic E-state index is 15.7. The lowest BCUT2D eigenvalue weighted by Gasteiger charge is -2.55. The molecule has 1 spiro atoms. The molecule has 2 saturated heterocycles. The Kier molecular flexibility index (Phi) is 4.18. The molecular weight excluding hydrogens is 431 g/mol. The zero-order valence-corrected chi connectivity index (χ0v) is 16.8. The van der Waals surface area contributed by atoms with Crippen LogP contribution in [0.1, 0.15) is 19.4 Å². The predicted octanol–water partition coefficient (Wildman–Crippen LogP) is 0.914. The highest BCUT2D eigenvalue weighted by Crippen LogP contribution is 2.49. The van der Waals surface area contributed by atoms with Gasteiger partial charge in [-0.25, -0.2) is 14.0 Å². The summed E-state index contributed by atoms with van der Waals surface area (Å²) in [6, 6.07) is -0.495. The van der Waals surface area contributed by atoms with Gasteiger partial charge >= 0.3 is 12.2 Å². The van der Waals surface area contributed by atoms with E-state index in [0.717, 1.165) is 0 Å². The summed E-state index contributed by atoms with van der Waals surface area (Å²) in [6.07, 6.45) is -2.99. The summed E-state index contributed by atoms with van der Waals surface area (Å²) in [7, 11) is 0. The Morgan fingerprint density at radius 2 is 2.00 bits per heavy atom. The number of rotatable bonds is 1. The summed E-state index contributed by atoms with van der Waals surface area (Å²) in [6.45, 7) is 3.58. The maximum Gasteiger partial charge on any atom is 0.512 e. The first-order valence-electron chi connectivity index (χ1n) is 9.74. The number of halogens is 1. The standard InChI is InChI=1S/C19H17FN4O8/c1-6-5-24-11-8(3-9-12(10(11)20)32-23-14(9)31-18(28)29)4-19(13(24)7(2)30-6)15(25)21-17(27)22-16(19)26/h3,6-7,13H,4-5H2,1-2H3,(H,28,29)(H2,21,22,25,26,27)/t6-,7+,13-/m1/s1. The zero-order valence-electron chi connectivity index (χ0n) is 16.8. The lowest BCUT2D eigenvalue weighted by molar-refractivity contribution is -0.153. The van der Waals surface area contributed by atoms with Crippen LogP contribution in [-0.2, 0) is 20.7 Å². The number of urea groups is 1. The lowest BCUT2D eigenvalue weighted by atomic mass is 9.66. The third kappa shape index (κ3) is 2.60.